The molecule has 2 rings (SSSR count). The molecule has 0 radical (unpaired) electrons. The SMILES string of the molecule is CC(Cc1ccc(Br)cc1)NCC1CCC(O)C1. The summed E-state index contributed by atoms with van der Waals surface area (Å²) in [5, 5.41) is 13.1. The van der Waals surface area contributed by atoms with E-state index in [9.17, 15) is 5.11 Å². The van der Waals surface area contributed by atoms with Gasteiger partial charge in [0.2, 0.25) is 0 Å². The quantitative estimate of drug-likeness (QED) is 0.875. The van der Waals surface area contributed by atoms with Crippen LogP contribution in [0, 0.1) is 5.92 Å². The number of hydrogen-bond donors (Lipinski definition) is 2. The second-order valence-electron chi connectivity index (χ2n) is 5.47. The second kappa shape index (κ2) is 6.69. The smallest absolute Gasteiger partial charge is 0.0543 e. The molecule has 3 heteroatoms. The largest absolute Gasteiger partial charge is 0.393 e. The van der Waals surface area contributed by atoms with E-state index in [1.807, 2.05) is 0 Å². The first kappa shape index (κ1) is 14.0. The monoisotopic (exact) mass is 311 g/mol. The molecule has 1 aliphatic carbocycles. The first-order valence-electron chi connectivity index (χ1n) is 6.79. The third kappa shape index (κ3) is 4.38. The minimum atomic E-state index is -0.0569. The summed E-state index contributed by atoms with van der Waals surface area (Å²) in [5.74, 6) is 0.660. The highest BCUT2D eigenvalue weighted by Crippen LogP contribution is 2.24. The van der Waals surface area contributed by atoms with E-state index in [0.717, 1.165) is 30.3 Å². The fraction of sp³-hybridized carbons (Fsp3) is 0.600. The van der Waals surface area contributed by atoms with Crippen molar-refractivity contribution in [2.75, 3.05) is 6.54 Å². The molecule has 1 fully saturated rings. The highest BCUT2D eigenvalue weighted by atomic mass is 79.9. The topological polar surface area (TPSA) is 32.3 Å². The second-order valence-corrected chi connectivity index (χ2v) is 6.39. The Morgan fingerprint density at radius 2 is 2.06 bits per heavy atom. The Morgan fingerprint density at radius 3 is 2.67 bits per heavy atom. The highest BCUT2D eigenvalue weighted by Gasteiger charge is 2.22. The molecule has 0 spiro atoms. The maximum Gasteiger partial charge on any atom is 0.0543 e. The Morgan fingerprint density at radius 1 is 1.33 bits per heavy atom. The molecule has 0 bridgehead atoms. The summed E-state index contributed by atoms with van der Waals surface area (Å²) >= 11 is 3.45. The summed E-state index contributed by atoms with van der Waals surface area (Å²) in [6.07, 6.45) is 4.12. The minimum Gasteiger partial charge on any atom is -0.393 e. The lowest BCUT2D eigenvalue weighted by molar-refractivity contribution is 0.177. The predicted octanol–water partition coefficient (Wildman–Crippen LogP) is 3.13. The molecular formula is C15H22BrNO. The van der Waals surface area contributed by atoms with Crippen LogP contribution < -0.4 is 5.32 Å². The molecule has 100 valence electrons. The van der Waals surface area contributed by atoms with Crippen LogP contribution in [0.25, 0.3) is 0 Å². The maximum absolute atomic E-state index is 9.49. The maximum atomic E-state index is 9.49. The van der Waals surface area contributed by atoms with Crippen molar-refractivity contribution in [3.05, 3.63) is 34.3 Å². The number of aliphatic hydroxyl groups is 1. The van der Waals surface area contributed by atoms with Gasteiger partial charge in [-0.2, -0.15) is 0 Å². The molecule has 3 unspecified atom stereocenters. The van der Waals surface area contributed by atoms with Crippen LogP contribution >= 0.6 is 15.9 Å². The predicted molar refractivity (Wildman–Crippen MR) is 78.7 cm³/mol. The molecule has 2 nitrogen and oxygen atoms in total. The number of nitrogens with one attached hydrogen (secondary N) is 1. The third-order valence-corrected chi connectivity index (χ3v) is 4.25. The van der Waals surface area contributed by atoms with Crippen LogP contribution in [0.2, 0.25) is 0 Å². The first-order chi connectivity index (χ1) is 8.63. The highest BCUT2D eigenvalue weighted by molar-refractivity contribution is 9.10. The van der Waals surface area contributed by atoms with Crippen LogP contribution in [0.1, 0.15) is 31.7 Å². The fourth-order valence-electron chi connectivity index (χ4n) is 2.65. The van der Waals surface area contributed by atoms with Gasteiger partial charge in [0.1, 0.15) is 0 Å². The molecule has 0 aromatic heterocycles. The van der Waals surface area contributed by atoms with E-state index in [2.05, 4.69) is 52.4 Å². The average molecular weight is 312 g/mol. The van der Waals surface area contributed by atoms with Crippen molar-refractivity contribution in [2.24, 2.45) is 5.92 Å². The van der Waals surface area contributed by atoms with Crippen LogP contribution in [0.4, 0.5) is 0 Å². The minimum absolute atomic E-state index is 0.0569. The average Bonchev–Trinajstić information content (AvgIpc) is 2.76. The summed E-state index contributed by atoms with van der Waals surface area (Å²) in [7, 11) is 0. The van der Waals surface area contributed by atoms with Crippen molar-refractivity contribution in [3.63, 3.8) is 0 Å². The number of hydrogen-bond acceptors (Lipinski definition) is 2. The zero-order valence-electron chi connectivity index (χ0n) is 10.9. The van der Waals surface area contributed by atoms with Gasteiger partial charge in [0.15, 0.2) is 0 Å². The summed E-state index contributed by atoms with van der Waals surface area (Å²) in [4.78, 5) is 0. The molecule has 1 saturated carbocycles. The summed E-state index contributed by atoms with van der Waals surface area (Å²) < 4.78 is 1.13. The molecule has 3 atom stereocenters. The van der Waals surface area contributed by atoms with Gasteiger partial charge in [-0.25, -0.2) is 0 Å². The molecule has 0 aliphatic heterocycles. The molecule has 1 aromatic carbocycles. The van der Waals surface area contributed by atoms with Crippen LogP contribution in [0.15, 0.2) is 28.7 Å². The number of aliphatic hydroxyl groups excluding tert-OH is 1. The van der Waals surface area contributed by atoms with E-state index < -0.39 is 0 Å². The summed E-state index contributed by atoms with van der Waals surface area (Å²) in [5.41, 5.74) is 1.37. The van der Waals surface area contributed by atoms with Crippen LogP contribution in [0.5, 0.6) is 0 Å². The van der Waals surface area contributed by atoms with E-state index in [-0.39, 0.29) is 6.10 Å². The molecule has 0 saturated heterocycles. The van der Waals surface area contributed by atoms with Crippen LogP contribution in [-0.4, -0.2) is 23.8 Å². The van der Waals surface area contributed by atoms with Gasteiger partial charge >= 0.3 is 0 Å². The standard InChI is InChI=1S/C15H22BrNO/c1-11(8-12-2-5-14(16)6-3-12)17-10-13-4-7-15(18)9-13/h2-3,5-6,11,13,15,17-18H,4,7-10H2,1H3. The Labute approximate surface area is 118 Å². The van der Waals surface area contributed by atoms with Gasteiger partial charge in [0, 0.05) is 10.5 Å². The van der Waals surface area contributed by atoms with Crippen molar-refractivity contribution >= 4 is 15.9 Å². The van der Waals surface area contributed by atoms with Crippen LogP contribution in [0.3, 0.4) is 0 Å². The molecular weight excluding hydrogens is 290 g/mol. The Bertz CT molecular complexity index is 365. The molecule has 1 aliphatic rings. The van der Waals surface area contributed by atoms with Crippen molar-refractivity contribution in [3.8, 4) is 0 Å². The van der Waals surface area contributed by atoms with Gasteiger partial charge in [-0.1, -0.05) is 28.1 Å². The Kier molecular flexibility index (Phi) is 5.22. The van der Waals surface area contributed by atoms with E-state index >= 15 is 0 Å². The Hall–Kier alpha value is -0.380. The van der Waals surface area contributed by atoms with Crippen LogP contribution in [-0.2, 0) is 6.42 Å². The van der Waals surface area contributed by atoms with Gasteiger partial charge < -0.3 is 10.4 Å². The number of rotatable bonds is 5. The van der Waals surface area contributed by atoms with Gasteiger partial charge in [-0.3, -0.25) is 0 Å². The van der Waals surface area contributed by atoms with E-state index in [4.69, 9.17) is 0 Å². The van der Waals surface area contributed by atoms with Gasteiger partial charge in [-0.15, -0.1) is 0 Å². The van der Waals surface area contributed by atoms with Crippen molar-refractivity contribution in [1.29, 1.82) is 0 Å². The summed E-state index contributed by atoms with van der Waals surface area (Å²) in [6, 6.07) is 9.01. The molecule has 0 amide bonds. The van der Waals surface area contributed by atoms with Gasteiger partial charge in [-0.05, 0) is 62.8 Å². The summed E-state index contributed by atoms with van der Waals surface area (Å²) in [6.45, 7) is 3.27. The van der Waals surface area contributed by atoms with E-state index in [1.54, 1.807) is 0 Å². The fourth-order valence-corrected chi connectivity index (χ4v) is 2.91. The first-order valence-corrected chi connectivity index (χ1v) is 7.58. The molecule has 18 heavy (non-hydrogen) atoms. The third-order valence-electron chi connectivity index (χ3n) is 3.72. The van der Waals surface area contributed by atoms with Crippen molar-refractivity contribution in [2.45, 2.75) is 44.8 Å². The van der Waals surface area contributed by atoms with E-state index in [1.165, 1.54) is 12.0 Å². The Balaban J connectivity index is 1.71. The van der Waals surface area contributed by atoms with Crippen molar-refractivity contribution in [1.82, 2.24) is 5.32 Å². The lowest BCUT2D eigenvalue weighted by Gasteiger charge is -2.17. The lowest BCUT2D eigenvalue weighted by Crippen LogP contribution is -2.32. The zero-order valence-corrected chi connectivity index (χ0v) is 12.5. The van der Waals surface area contributed by atoms with Gasteiger partial charge in [0.25, 0.3) is 0 Å². The zero-order chi connectivity index (χ0) is 13.0. The molecule has 1 aromatic rings. The molecule has 2 N–H and O–H groups in total. The van der Waals surface area contributed by atoms with E-state index in [0.29, 0.717) is 12.0 Å². The number of benzene rings is 1. The number of halogens is 1. The lowest BCUT2D eigenvalue weighted by atomic mass is 10.0. The van der Waals surface area contributed by atoms with Crippen molar-refractivity contribution < 1.29 is 5.11 Å². The normalized spacial score (nSPS) is 25.3. The molecule has 0 heterocycles. The van der Waals surface area contributed by atoms with Gasteiger partial charge in [0.05, 0.1) is 6.10 Å².